The summed E-state index contributed by atoms with van der Waals surface area (Å²) in [5.74, 6) is 0.710. The summed E-state index contributed by atoms with van der Waals surface area (Å²) in [6.45, 7) is 0.0934. The molecule has 0 spiro atoms. The highest BCUT2D eigenvalue weighted by Crippen LogP contribution is 2.23. The lowest BCUT2D eigenvalue weighted by molar-refractivity contribution is -0.109. The third-order valence-electron chi connectivity index (χ3n) is 2.11. The van der Waals surface area contributed by atoms with Gasteiger partial charge in [-0.2, -0.15) is 0 Å². The fourth-order valence-electron chi connectivity index (χ4n) is 1.43. The first-order valence-corrected chi connectivity index (χ1v) is 5.03. The molecule has 15 heavy (non-hydrogen) atoms. The topological polar surface area (TPSA) is 26.3 Å². The number of ether oxygens (including phenoxy) is 1. The summed E-state index contributed by atoms with van der Waals surface area (Å²) in [7, 11) is 0. The van der Waals surface area contributed by atoms with Crippen molar-refractivity contribution in [2.45, 2.75) is 4.90 Å². The third kappa shape index (κ3) is 2.30. The number of carbonyl (C=O) groups excluding carboxylic acids is 1. The van der Waals surface area contributed by atoms with E-state index in [0.29, 0.717) is 5.75 Å². The van der Waals surface area contributed by atoms with Gasteiger partial charge in [0.2, 0.25) is 0 Å². The number of hydrogen-bond acceptors (Lipinski definition) is 3. The van der Waals surface area contributed by atoms with E-state index in [9.17, 15) is 4.79 Å². The van der Waals surface area contributed by atoms with Crippen LogP contribution in [-0.4, -0.2) is 12.9 Å². The summed E-state index contributed by atoms with van der Waals surface area (Å²) in [6.07, 6.45) is 0.737. The largest absolute Gasteiger partial charge is 0.486 e. The maximum absolute atomic E-state index is 10.2. The molecule has 0 heterocycles. The molecule has 2 aromatic carbocycles. The van der Waals surface area contributed by atoms with Gasteiger partial charge in [0.05, 0.1) is 0 Å². The normalized spacial score (nSPS) is 10.2. The van der Waals surface area contributed by atoms with Crippen molar-refractivity contribution in [3.63, 3.8) is 0 Å². The number of thiol groups is 1. The summed E-state index contributed by atoms with van der Waals surface area (Å²) < 4.78 is 5.21. The molecule has 0 saturated heterocycles. The van der Waals surface area contributed by atoms with Gasteiger partial charge in [-0.05, 0) is 35.0 Å². The SMILES string of the molecule is O=CCOc1ccc2cc(S)ccc2c1. The second-order valence-corrected chi connectivity index (χ2v) is 3.69. The van der Waals surface area contributed by atoms with Crippen molar-refractivity contribution >= 4 is 29.7 Å². The molecule has 0 aromatic heterocycles. The molecule has 0 aliphatic heterocycles. The summed E-state index contributed by atoms with van der Waals surface area (Å²) >= 11 is 4.27. The zero-order chi connectivity index (χ0) is 10.7. The summed E-state index contributed by atoms with van der Waals surface area (Å²) in [4.78, 5) is 11.1. The summed E-state index contributed by atoms with van der Waals surface area (Å²) in [6, 6.07) is 11.6. The molecular weight excluding hydrogens is 208 g/mol. The van der Waals surface area contributed by atoms with E-state index in [2.05, 4.69) is 12.6 Å². The van der Waals surface area contributed by atoms with Gasteiger partial charge < -0.3 is 4.74 Å². The Balaban J connectivity index is 2.38. The van der Waals surface area contributed by atoms with Crippen molar-refractivity contribution in [2.75, 3.05) is 6.61 Å². The molecule has 2 rings (SSSR count). The van der Waals surface area contributed by atoms with Gasteiger partial charge in [-0.25, -0.2) is 0 Å². The number of hydrogen-bond donors (Lipinski definition) is 1. The second kappa shape index (κ2) is 4.36. The van der Waals surface area contributed by atoms with Crippen molar-refractivity contribution in [1.29, 1.82) is 0 Å². The Kier molecular flexibility index (Phi) is 2.92. The molecule has 0 amide bonds. The number of rotatable bonds is 3. The van der Waals surface area contributed by atoms with Crippen LogP contribution in [0.3, 0.4) is 0 Å². The molecule has 0 saturated carbocycles. The molecule has 0 bridgehead atoms. The molecule has 2 aromatic rings. The molecule has 76 valence electrons. The van der Waals surface area contributed by atoms with Gasteiger partial charge in [0.1, 0.15) is 12.4 Å². The van der Waals surface area contributed by atoms with Gasteiger partial charge >= 0.3 is 0 Å². The van der Waals surface area contributed by atoms with E-state index in [0.717, 1.165) is 22.0 Å². The summed E-state index contributed by atoms with van der Waals surface area (Å²) in [5, 5.41) is 2.19. The van der Waals surface area contributed by atoms with Crippen LogP contribution in [0.1, 0.15) is 0 Å². The van der Waals surface area contributed by atoms with Crippen LogP contribution in [0.15, 0.2) is 41.3 Å². The smallest absolute Gasteiger partial charge is 0.157 e. The first-order chi connectivity index (χ1) is 7.29. The van der Waals surface area contributed by atoms with E-state index in [-0.39, 0.29) is 6.61 Å². The van der Waals surface area contributed by atoms with E-state index in [1.165, 1.54) is 0 Å². The Hall–Kier alpha value is -1.48. The maximum atomic E-state index is 10.2. The minimum absolute atomic E-state index is 0.0934. The lowest BCUT2D eigenvalue weighted by Gasteiger charge is -2.04. The average Bonchev–Trinajstić information content (AvgIpc) is 2.26. The van der Waals surface area contributed by atoms with Crippen LogP contribution in [0.25, 0.3) is 10.8 Å². The number of fused-ring (bicyclic) bond motifs is 1. The second-order valence-electron chi connectivity index (χ2n) is 3.17. The van der Waals surface area contributed by atoms with Crippen molar-refractivity contribution < 1.29 is 9.53 Å². The predicted molar refractivity (Wildman–Crippen MR) is 62.8 cm³/mol. The molecule has 2 nitrogen and oxygen atoms in total. The van der Waals surface area contributed by atoms with Crippen LogP contribution in [0, 0.1) is 0 Å². The third-order valence-corrected chi connectivity index (χ3v) is 2.39. The fourth-order valence-corrected chi connectivity index (χ4v) is 1.64. The van der Waals surface area contributed by atoms with Crippen LogP contribution >= 0.6 is 12.6 Å². The van der Waals surface area contributed by atoms with Gasteiger partial charge in [-0.1, -0.05) is 12.1 Å². The Morgan fingerprint density at radius 3 is 2.67 bits per heavy atom. The Labute approximate surface area is 93.3 Å². The van der Waals surface area contributed by atoms with Crippen molar-refractivity contribution in [3.05, 3.63) is 36.4 Å². The van der Waals surface area contributed by atoms with Crippen molar-refractivity contribution in [3.8, 4) is 5.75 Å². The van der Waals surface area contributed by atoms with Crippen LogP contribution in [-0.2, 0) is 4.79 Å². The van der Waals surface area contributed by atoms with Crippen molar-refractivity contribution in [2.24, 2.45) is 0 Å². The van der Waals surface area contributed by atoms with E-state index in [1.54, 1.807) is 0 Å². The average molecular weight is 218 g/mol. The van der Waals surface area contributed by atoms with Gasteiger partial charge in [-0.15, -0.1) is 12.6 Å². The number of carbonyl (C=O) groups is 1. The van der Waals surface area contributed by atoms with Gasteiger partial charge in [-0.3, -0.25) is 4.79 Å². The molecule has 0 aliphatic carbocycles. The fraction of sp³-hybridized carbons (Fsp3) is 0.0833. The van der Waals surface area contributed by atoms with Gasteiger partial charge in [0, 0.05) is 4.90 Å². The van der Waals surface area contributed by atoms with E-state index in [1.807, 2.05) is 36.4 Å². The Bertz CT molecular complexity index is 494. The maximum Gasteiger partial charge on any atom is 0.157 e. The molecule has 0 radical (unpaired) electrons. The summed E-state index contributed by atoms with van der Waals surface area (Å²) in [5.41, 5.74) is 0. The molecule has 0 atom stereocenters. The lowest BCUT2D eigenvalue weighted by atomic mass is 10.1. The number of benzene rings is 2. The first kappa shape index (κ1) is 10.1. The van der Waals surface area contributed by atoms with E-state index in [4.69, 9.17) is 4.74 Å². The molecule has 0 N–H and O–H groups in total. The first-order valence-electron chi connectivity index (χ1n) is 4.59. The van der Waals surface area contributed by atoms with Gasteiger partial charge in [0.15, 0.2) is 6.29 Å². The van der Waals surface area contributed by atoms with E-state index >= 15 is 0 Å². The van der Waals surface area contributed by atoms with Crippen LogP contribution in [0.2, 0.25) is 0 Å². The molecule has 0 fully saturated rings. The molecular formula is C12H10O2S. The van der Waals surface area contributed by atoms with Crippen LogP contribution in [0.4, 0.5) is 0 Å². The molecule has 3 heteroatoms. The van der Waals surface area contributed by atoms with E-state index < -0.39 is 0 Å². The zero-order valence-electron chi connectivity index (χ0n) is 8.01. The van der Waals surface area contributed by atoms with Crippen molar-refractivity contribution in [1.82, 2.24) is 0 Å². The molecule has 0 aliphatic rings. The van der Waals surface area contributed by atoms with Crippen LogP contribution in [0.5, 0.6) is 5.75 Å². The lowest BCUT2D eigenvalue weighted by Crippen LogP contribution is -1.97. The quantitative estimate of drug-likeness (QED) is 0.633. The van der Waals surface area contributed by atoms with Gasteiger partial charge in [0.25, 0.3) is 0 Å². The monoisotopic (exact) mass is 218 g/mol. The highest BCUT2D eigenvalue weighted by molar-refractivity contribution is 7.80. The highest BCUT2D eigenvalue weighted by atomic mass is 32.1. The predicted octanol–water partition coefficient (Wildman–Crippen LogP) is 2.71. The zero-order valence-corrected chi connectivity index (χ0v) is 8.91. The van der Waals surface area contributed by atoms with Crippen LogP contribution < -0.4 is 4.74 Å². The highest BCUT2D eigenvalue weighted by Gasteiger charge is 1.97. The number of aldehydes is 1. The minimum atomic E-state index is 0.0934. The standard InChI is InChI=1S/C12H10O2S/c13-5-6-14-11-3-1-10-8-12(15)4-2-9(10)7-11/h1-5,7-8,15H,6H2. The Morgan fingerprint density at radius 1 is 1.13 bits per heavy atom. The minimum Gasteiger partial charge on any atom is -0.486 e. The Morgan fingerprint density at radius 2 is 1.87 bits per heavy atom. The molecule has 0 unspecified atom stereocenters.